The molecule has 0 rings (SSSR count). The molecule has 0 heterocycles. The topological polar surface area (TPSA) is 507 Å². The summed E-state index contributed by atoms with van der Waals surface area (Å²) in [5, 5.41) is 60.8. The number of hydrogen-bond donors (Lipinski definition) is 16. The lowest BCUT2D eigenvalue weighted by atomic mass is 10.7. The molecule has 0 saturated heterocycles. The SMILES string of the molecule is NCC(=O)O.NCC(=O)O.NCC(=O)O.NCC(=O)O.NCC(=O)O.NCC(=O)O.NCC(=O)O.NCC(=O)O. The molecule has 24 N–H and O–H groups in total. The van der Waals surface area contributed by atoms with Crippen LogP contribution in [0.25, 0.3) is 0 Å². The van der Waals surface area contributed by atoms with Crippen LogP contribution in [0.15, 0.2) is 0 Å². The second-order valence-electron chi connectivity index (χ2n) is 4.78. The van der Waals surface area contributed by atoms with Gasteiger partial charge in [-0.05, 0) is 0 Å². The lowest BCUT2D eigenvalue weighted by Crippen LogP contribution is -2.10. The summed E-state index contributed by atoms with van der Waals surface area (Å²) < 4.78 is 0. The third-order valence-corrected chi connectivity index (χ3v) is 1.40. The average molecular weight is 601 g/mol. The molecule has 0 aromatic carbocycles. The first-order chi connectivity index (χ1) is 18.2. The molecule has 0 saturated carbocycles. The molecule has 0 aromatic rings. The van der Waals surface area contributed by atoms with Crippen LogP contribution in [-0.4, -0.2) is 141 Å². The van der Waals surface area contributed by atoms with E-state index in [1.165, 1.54) is 0 Å². The van der Waals surface area contributed by atoms with E-state index >= 15 is 0 Å². The van der Waals surface area contributed by atoms with Gasteiger partial charge < -0.3 is 86.7 Å². The number of carboxylic acids is 8. The zero-order valence-corrected chi connectivity index (χ0v) is 21.1. The Balaban J connectivity index is -0.0000000488. The summed E-state index contributed by atoms with van der Waals surface area (Å²) in [6.45, 7) is -2.22. The van der Waals surface area contributed by atoms with Crippen molar-refractivity contribution < 1.29 is 79.2 Å². The Bertz CT molecular complexity index is 511. The van der Waals surface area contributed by atoms with E-state index in [4.69, 9.17) is 40.9 Å². The molecule has 0 aromatic heterocycles. The van der Waals surface area contributed by atoms with Gasteiger partial charge in [0.05, 0.1) is 52.4 Å². The molecule has 0 aliphatic heterocycles. The predicted molar refractivity (Wildman–Crippen MR) is 134 cm³/mol. The van der Waals surface area contributed by atoms with Crippen LogP contribution in [0.2, 0.25) is 0 Å². The molecule has 24 heteroatoms. The van der Waals surface area contributed by atoms with Crippen molar-refractivity contribution in [3.05, 3.63) is 0 Å². The van der Waals surface area contributed by atoms with Gasteiger partial charge in [0.1, 0.15) is 0 Å². The van der Waals surface area contributed by atoms with Crippen LogP contribution in [0.3, 0.4) is 0 Å². The van der Waals surface area contributed by atoms with Crippen LogP contribution in [0.4, 0.5) is 0 Å². The molecular formula is C16H40N8O16. The molecular weight excluding hydrogens is 560 g/mol. The number of aliphatic carboxylic acids is 8. The van der Waals surface area contributed by atoms with Crippen LogP contribution in [0.1, 0.15) is 0 Å². The summed E-state index contributed by atoms with van der Waals surface area (Å²) >= 11 is 0. The fourth-order valence-corrected chi connectivity index (χ4v) is 0. The van der Waals surface area contributed by atoms with E-state index in [2.05, 4.69) is 45.9 Å². The molecule has 0 fully saturated rings. The monoisotopic (exact) mass is 600 g/mol. The van der Waals surface area contributed by atoms with E-state index in [-0.39, 0.29) is 52.4 Å². The van der Waals surface area contributed by atoms with Gasteiger partial charge in [-0.25, -0.2) is 0 Å². The van der Waals surface area contributed by atoms with Gasteiger partial charge >= 0.3 is 47.8 Å². The van der Waals surface area contributed by atoms with Crippen molar-refractivity contribution in [1.82, 2.24) is 0 Å². The third-order valence-electron chi connectivity index (χ3n) is 1.40. The molecule has 0 aliphatic rings. The van der Waals surface area contributed by atoms with Crippen molar-refractivity contribution in [2.45, 2.75) is 0 Å². The van der Waals surface area contributed by atoms with Crippen molar-refractivity contribution >= 4 is 47.8 Å². The predicted octanol–water partition coefficient (Wildman–Crippen LogP) is -7.76. The Hall–Kier alpha value is -4.56. The molecule has 0 radical (unpaired) electrons. The van der Waals surface area contributed by atoms with Gasteiger partial charge in [-0.15, -0.1) is 0 Å². The van der Waals surface area contributed by atoms with Gasteiger partial charge in [0.15, 0.2) is 0 Å². The smallest absolute Gasteiger partial charge is 0.317 e. The molecule has 24 nitrogen and oxygen atoms in total. The third kappa shape index (κ3) is 269. The minimum atomic E-state index is -0.968. The fourth-order valence-electron chi connectivity index (χ4n) is 0. The van der Waals surface area contributed by atoms with E-state index in [0.717, 1.165) is 0 Å². The minimum Gasteiger partial charge on any atom is -0.480 e. The molecule has 40 heavy (non-hydrogen) atoms. The van der Waals surface area contributed by atoms with E-state index < -0.39 is 47.8 Å². The van der Waals surface area contributed by atoms with Crippen molar-refractivity contribution in [3.63, 3.8) is 0 Å². The lowest BCUT2D eigenvalue weighted by Gasteiger charge is -1.73. The second kappa shape index (κ2) is 51.1. The summed E-state index contributed by atoms with van der Waals surface area (Å²) in [6, 6.07) is 0. The van der Waals surface area contributed by atoms with Gasteiger partial charge in [0, 0.05) is 0 Å². The Kier molecular flexibility index (Phi) is 71.4. The maximum absolute atomic E-state index is 9.24. The van der Waals surface area contributed by atoms with Gasteiger partial charge in [0.2, 0.25) is 0 Å². The summed E-state index contributed by atoms with van der Waals surface area (Å²) in [6.07, 6.45) is 0. The molecule has 0 bridgehead atoms. The first-order valence-corrected chi connectivity index (χ1v) is 9.52. The fraction of sp³-hybridized carbons (Fsp3) is 0.500. The maximum Gasteiger partial charge on any atom is 0.317 e. The molecule has 0 spiro atoms. The Morgan fingerprint density at radius 1 is 0.250 bits per heavy atom. The summed E-state index contributed by atoms with van der Waals surface area (Å²) in [5.74, 6) is -7.74. The summed E-state index contributed by atoms with van der Waals surface area (Å²) in [5.41, 5.74) is 36.6. The average Bonchev–Trinajstić information content (AvgIpc) is 2.90. The maximum atomic E-state index is 9.24. The standard InChI is InChI=1S/8C2H5NO2/c8*3-1-2(4)5/h8*1,3H2,(H,4,5). The van der Waals surface area contributed by atoms with E-state index in [1.54, 1.807) is 0 Å². The van der Waals surface area contributed by atoms with Gasteiger partial charge in [-0.2, -0.15) is 0 Å². The molecule has 0 atom stereocenters. The quantitative estimate of drug-likeness (QED) is 0.123. The molecule has 240 valence electrons. The van der Waals surface area contributed by atoms with Crippen LogP contribution < -0.4 is 45.9 Å². The summed E-state index contributed by atoms with van der Waals surface area (Å²) in [7, 11) is 0. The number of rotatable bonds is 8. The normalized spacial score (nSPS) is 7.40. The molecule has 0 unspecified atom stereocenters. The zero-order chi connectivity index (χ0) is 34.3. The van der Waals surface area contributed by atoms with E-state index in [0.29, 0.717) is 0 Å². The molecule has 0 amide bonds. The highest BCUT2D eigenvalue weighted by molar-refractivity contribution is 5.70. The minimum absolute atomic E-state index is 0.278. The van der Waals surface area contributed by atoms with Crippen LogP contribution in [-0.2, 0) is 38.4 Å². The van der Waals surface area contributed by atoms with E-state index in [9.17, 15) is 38.4 Å². The second-order valence-corrected chi connectivity index (χ2v) is 4.78. The number of nitrogens with two attached hydrogens (primary N) is 8. The van der Waals surface area contributed by atoms with Gasteiger partial charge in [-0.3, -0.25) is 38.4 Å². The highest BCUT2D eigenvalue weighted by atomic mass is 16.4. The van der Waals surface area contributed by atoms with Crippen LogP contribution >= 0.6 is 0 Å². The first-order valence-electron chi connectivity index (χ1n) is 9.52. The first kappa shape index (κ1) is 55.8. The van der Waals surface area contributed by atoms with Crippen molar-refractivity contribution in [1.29, 1.82) is 0 Å². The Labute approximate surface area is 226 Å². The van der Waals surface area contributed by atoms with Crippen LogP contribution in [0.5, 0.6) is 0 Å². The number of hydrogen-bond acceptors (Lipinski definition) is 16. The Morgan fingerprint density at radius 3 is 0.275 bits per heavy atom. The zero-order valence-electron chi connectivity index (χ0n) is 21.1. The van der Waals surface area contributed by atoms with E-state index in [1.807, 2.05) is 0 Å². The number of carbonyl (C=O) groups is 8. The molecule has 0 aliphatic carbocycles. The largest absolute Gasteiger partial charge is 0.480 e. The van der Waals surface area contributed by atoms with Crippen molar-refractivity contribution in [3.8, 4) is 0 Å². The van der Waals surface area contributed by atoms with Crippen LogP contribution in [0, 0.1) is 0 Å². The summed E-state index contributed by atoms with van der Waals surface area (Å²) in [4.78, 5) is 73.9. The Morgan fingerprint density at radius 2 is 0.275 bits per heavy atom. The van der Waals surface area contributed by atoms with Crippen molar-refractivity contribution in [2.24, 2.45) is 45.9 Å². The highest BCUT2D eigenvalue weighted by Gasteiger charge is 1.83. The highest BCUT2D eigenvalue weighted by Crippen LogP contribution is 1.46. The lowest BCUT2D eigenvalue weighted by molar-refractivity contribution is -0.136. The van der Waals surface area contributed by atoms with Crippen molar-refractivity contribution in [2.75, 3.05) is 52.4 Å². The van der Waals surface area contributed by atoms with Gasteiger partial charge in [-0.1, -0.05) is 0 Å². The van der Waals surface area contributed by atoms with Gasteiger partial charge in [0.25, 0.3) is 0 Å². The number of carboxylic acid groups (broad SMARTS) is 8.